The zero-order chi connectivity index (χ0) is 14.4. The van der Waals surface area contributed by atoms with Gasteiger partial charge >= 0.3 is 0 Å². The van der Waals surface area contributed by atoms with Gasteiger partial charge in [-0.1, -0.05) is 30.7 Å². The summed E-state index contributed by atoms with van der Waals surface area (Å²) in [4.78, 5) is 16.4. The average Bonchev–Trinajstić information content (AvgIpc) is 2.47. The number of para-hydroxylation sites is 1. The number of halogens is 1. The van der Waals surface area contributed by atoms with Crippen molar-refractivity contribution in [2.24, 2.45) is 0 Å². The Labute approximate surface area is 123 Å². The SMILES string of the molecule is CCCNc1ccccc1C(=O)Nc1ncccc1Cl. The molecule has 0 bridgehead atoms. The summed E-state index contributed by atoms with van der Waals surface area (Å²) in [6, 6.07) is 10.8. The zero-order valence-electron chi connectivity index (χ0n) is 11.2. The molecule has 5 heteroatoms. The summed E-state index contributed by atoms with van der Waals surface area (Å²) >= 11 is 5.99. The van der Waals surface area contributed by atoms with Crippen LogP contribution in [0.15, 0.2) is 42.6 Å². The number of anilines is 2. The summed E-state index contributed by atoms with van der Waals surface area (Å²) in [5, 5.41) is 6.37. The normalized spacial score (nSPS) is 10.1. The fraction of sp³-hybridized carbons (Fsp3) is 0.200. The van der Waals surface area contributed by atoms with Crippen molar-refractivity contribution in [1.29, 1.82) is 0 Å². The van der Waals surface area contributed by atoms with Crippen LogP contribution < -0.4 is 10.6 Å². The lowest BCUT2D eigenvalue weighted by molar-refractivity contribution is 0.102. The first-order valence-corrected chi connectivity index (χ1v) is 6.85. The van der Waals surface area contributed by atoms with Gasteiger partial charge in [0.25, 0.3) is 5.91 Å². The number of aromatic nitrogens is 1. The summed E-state index contributed by atoms with van der Waals surface area (Å²) < 4.78 is 0. The van der Waals surface area contributed by atoms with Gasteiger partial charge in [-0.05, 0) is 30.7 Å². The molecule has 0 unspecified atom stereocenters. The summed E-state index contributed by atoms with van der Waals surface area (Å²) in [6.45, 7) is 2.89. The maximum Gasteiger partial charge on any atom is 0.258 e. The number of hydrogen-bond donors (Lipinski definition) is 2. The van der Waals surface area contributed by atoms with Crippen LogP contribution in [0.2, 0.25) is 5.02 Å². The van der Waals surface area contributed by atoms with Gasteiger partial charge in [0.1, 0.15) is 0 Å². The summed E-state index contributed by atoms with van der Waals surface area (Å²) in [7, 11) is 0. The maximum absolute atomic E-state index is 12.3. The molecule has 0 fully saturated rings. The van der Waals surface area contributed by atoms with Crippen molar-refractivity contribution in [3.8, 4) is 0 Å². The van der Waals surface area contributed by atoms with Gasteiger partial charge in [-0.3, -0.25) is 4.79 Å². The standard InChI is InChI=1S/C15H16ClN3O/c1-2-9-17-13-8-4-3-6-11(13)15(20)19-14-12(16)7-5-10-18-14/h3-8,10,17H,2,9H2,1H3,(H,18,19,20). The van der Waals surface area contributed by atoms with Crippen molar-refractivity contribution in [3.05, 3.63) is 53.2 Å². The number of carbonyl (C=O) groups is 1. The minimum Gasteiger partial charge on any atom is -0.384 e. The lowest BCUT2D eigenvalue weighted by Crippen LogP contribution is -2.16. The van der Waals surface area contributed by atoms with Gasteiger partial charge in [-0.25, -0.2) is 4.98 Å². The number of rotatable bonds is 5. The highest BCUT2D eigenvalue weighted by Crippen LogP contribution is 2.21. The fourth-order valence-corrected chi connectivity index (χ4v) is 1.92. The van der Waals surface area contributed by atoms with E-state index in [4.69, 9.17) is 11.6 Å². The van der Waals surface area contributed by atoms with Crippen LogP contribution >= 0.6 is 11.6 Å². The molecule has 0 atom stereocenters. The van der Waals surface area contributed by atoms with E-state index in [1.54, 1.807) is 24.4 Å². The van der Waals surface area contributed by atoms with E-state index >= 15 is 0 Å². The Morgan fingerprint density at radius 1 is 1.25 bits per heavy atom. The summed E-state index contributed by atoms with van der Waals surface area (Å²) in [5.41, 5.74) is 1.38. The molecule has 1 aromatic heterocycles. The lowest BCUT2D eigenvalue weighted by atomic mass is 10.1. The van der Waals surface area contributed by atoms with Gasteiger partial charge in [-0.2, -0.15) is 0 Å². The van der Waals surface area contributed by atoms with Crippen molar-refractivity contribution in [2.75, 3.05) is 17.2 Å². The molecule has 2 rings (SSSR count). The molecule has 1 aromatic carbocycles. The smallest absolute Gasteiger partial charge is 0.258 e. The first-order valence-electron chi connectivity index (χ1n) is 6.47. The largest absolute Gasteiger partial charge is 0.384 e. The molecule has 1 heterocycles. The molecule has 104 valence electrons. The molecule has 0 aliphatic heterocycles. The van der Waals surface area contributed by atoms with Crippen LogP contribution in [0.4, 0.5) is 11.5 Å². The fourth-order valence-electron chi connectivity index (χ4n) is 1.75. The Morgan fingerprint density at radius 2 is 2.05 bits per heavy atom. The van der Waals surface area contributed by atoms with Gasteiger partial charge in [0.2, 0.25) is 0 Å². The second kappa shape index (κ2) is 6.91. The van der Waals surface area contributed by atoms with Gasteiger partial charge in [-0.15, -0.1) is 0 Å². The summed E-state index contributed by atoms with van der Waals surface area (Å²) in [5.74, 6) is 0.134. The van der Waals surface area contributed by atoms with Crippen molar-refractivity contribution in [3.63, 3.8) is 0 Å². The number of nitrogens with zero attached hydrogens (tertiary/aromatic N) is 1. The Hall–Kier alpha value is -2.07. The van der Waals surface area contributed by atoms with Gasteiger partial charge in [0, 0.05) is 18.4 Å². The second-order valence-corrected chi connectivity index (χ2v) is 4.67. The third-order valence-electron chi connectivity index (χ3n) is 2.73. The van der Waals surface area contributed by atoms with E-state index < -0.39 is 0 Å². The van der Waals surface area contributed by atoms with Crippen LogP contribution in [0, 0.1) is 0 Å². The van der Waals surface area contributed by atoms with Gasteiger partial charge in [0.15, 0.2) is 5.82 Å². The Balaban J connectivity index is 2.19. The maximum atomic E-state index is 12.3. The average molecular weight is 290 g/mol. The molecule has 4 nitrogen and oxygen atoms in total. The Kier molecular flexibility index (Phi) is 4.96. The first kappa shape index (κ1) is 14.3. The summed E-state index contributed by atoms with van der Waals surface area (Å²) in [6.07, 6.45) is 2.57. The van der Waals surface area contributed by atoms with E-state index in [2.05, 4.69) is 22.5 Å². The molecule has 1 amide bonds. The zero-order valence-corrected chi connectivity index (χ0v) is 11.9. The second-order valence-electron chi connectivity index (χ2n) is 4.26. The minimum absolute atomic E-state index is 0.232. The molecule has 0 radical (unpaired) electrons. The molecule has 20 heavy (non-hydrogen) atoms. The molecule has 0 saturated carbocycles. The number of hydrogen-bond acceptors (Lipinski definition) is 3. The highest BCUT2D eigenvalue weighted by atomic mass is 35.5. The molecular formula is C15H16ClN3O. The molecule has 2 aromatic rings. The number of pyridine rings is 1. The van der Waals surface area contributed by atoms with Gasteiger partial charge in [0.05, 0.1) is 10.6 Å². The van der Waals surface area contributed by atoms with E-state index in [0.29, 0.717) is 16.4 Å². The van der Waals surface area contributed by atoms with Gasteiger partial charge < -0.3 is 10.6 Å². The van der Waals surface area contributed by atoms with Crippen molar-refractivity contribution < 1.29 is 4.79 Å². The Bertz CT molecular complexity index is 601. The molecule has 0 spiro atoms. The molecule has 0 saturated heterocycles. The van der Waals surface area contributed by atoms with Crippen LogP contribution in [0.5, 0.6) is 0 Å². The van der Waals surface area contributed by atoms with Crippen LogP contribution in [0.25, 0.3) is 0 Å². The topological polar surface area (TPSA) is 54.0 Å². The number of benzene rings is 1. The lowest BCUT2D eigenvalue weighted by Gasteiger charge is -2.11. The van der Waals surface area contributed by atoms with Crippen LogP contribution in [0.3, 0.4) is 0 Å². The third kappa shape index (κ3) is 3.48. The molecule has 0 aliphatic carbocycles. The monoisotopic (exact) mass is 289 g/mol. The predicted molar refractivity (Wildman–Crippen MR) is 82.4 cm³/mol. The third-order valence-corrected chi connectivity index (χ3v) is 3.03. The highest BCUT2D eigenvalue weighted by molar-refractivity contribution is 6.33. The van der Waals surface area contributed by atoms with Crippen molar-refractivity contribution in [2.45, 2.75) is 13.3 Å². The van der Waals surface area contributed by atoms with Crippen LogP contribution in [-0.4, -0.2) is 17.4 Å². The number of carbonyl (C=O) groups excluding carboxylic acids is 1. The van der Waals surface area contributed by atoms with Crippen LogP contribution in [0.1, 0.15) is 23.7 Å². The van der Waals surface area contributed by atoms with E-state index in [1.165, 1.54) is 0 Å². The van der Waals surface area contributed by atoms with Crippen LogP contribution in [-0.2, 0) is 0 Å². The molecule has 0 aliphatic rings. The van der Waals surface area contributed by atoms with E-state index in [1.807, 2.05) is 18.2 Å². The van der Waals surface area contributed by atoms with Crippen molar-refractivity contribution in [1.82, 2.24) is 4.98 Å². The number of amides is 1. The minimum atomic E-state index is -0.232. The van der Waals surface area contributed by atoms with E-state index in [-0.39, 0.29) is 5.91 Å². The van der Waals surface area contributed by atoms with E-state index in [0.717, 1.165) is 18.7 Å². The number of nitrogens with one attached hydrogen (secondary N) is 2. The predicted octanol–water partition coefficient (Wildman–Crippen LogP) is 3.81. The molecule has 2 N–H and O–H groups in total. The molecular weight excluding hydrogens is 274 g/mol. The quantitative estimate of drug-likeness (QED) is 0.880. The first-order chi connectivity index (χ1) is 9.72. The van der Waals surface area contributed by atoms with Crippen molar-refractivity contribution >= 4 is 29.0 Å². The Morgan fingerprint density at radius 3 is 2.80 bits per heavy atom. The highest BCUT2D eigenvalue weighted by Gasteiger charge is 2.12. The van der Waals surface area contributed by atoms with E-state index in [9.17, 15) is 4.79 Å².